The predicted molar refractivity (Wildman–Crippen MR) is 80.1 cm³/mol. The van der Waals surface area contributed by atoms with Gasteiger partial charge in [0.1, 0.15) is 11.3 Å². The molecule has 17 heavy (non-hydrogen) atoms. The van der Waals surface area contributed by atoms with E-state index in [1.165, 1.54) is 0 Å². The number of hydrogen-bond donors (Lipinski definition) is 3. The smallest absolute Gasteiger partial charge is 0.324 e. The monoisotopic (exact) mass is 459 g/mol. The van der Waals surface area contributed by atoms with Crippen LogP contribution in [0.15, 0.2) is 6.07 Å². The third kappa shape index (κ3) is 2.26. The van der Waals surface area contributed by atoms with Crippen molar-refractivity contribution in [3.8, 4) is 5.75 Å². The second-order valence-corrected chi connectivity index (χ2v) is 6.54. The van der Waals surface area contributed by atoms with E-state index in [2.05, 4.69) is 22.6 Å². The average molecular weight is 459 g/mol. The maximum Gasteiger partial charge on any atom is 0.324 e. The first-order valence-electron chi connectivity index (χ1n) is 5.06. The zero-order valence-corrected chi connectivity index (χ0v) is 13.1. The van der Waals surface area contributed by atoms with E-state index in [0.717, 1.165) is 18.3 Å². The minimum atomic E-state index is -1.17. The van der Waals surface area contributed by atoms with Gasteiger partial charge in [0.05, 0.1) is 7.14 Å². The Morgan fingerprint density at radius 2 is 2.12 bits per heavy atom. The summed E-state index contributed by atoms with van der Waals surface area (Å²) in [5.74, 6) is -0.675. The zero-order valence-electron chi connectivity index (χ0n) is 8.83. The van der Waals surface area contributed by atoms with Crippen LogP contribution in [0, 0.1) is 7.14 Å². The van der Waals surface area contributed by atoms with E-state index in [9.17, 15) is 9.90 Å². The van der Waals surface area contributed by atoms with Crippen LogP contribution < -0.4 is 5.73 Å². The van der Waals surface area contributed by atoms with E-state index in [-0.39, 0.29) is 5.75 Å². The van der Waals surface area contributed by atoms with Crippen molar-refractivity contribution in [3.63, 3.8) is 0 Å². The molecule has 0 saturated carbocycles. The number of carbonyl (C=O) groups is 1. The van der Waals surface area contributed by atoms with Gasteiger partial charge >= 0.3 is 5.97 Å². The lowest BCUT2D eigenvalue weighted by atomic mass is 9.78. The zero-order chi connectivity index (χ0) is 12.8. The van der Waals surface area contributed by atoms with Crippen LogP contribution in [0.25, 0.3) is 0 Å². The van der Waals surface area contributed by atoms with E-state index in [4.69, 9.17) is 10.8 Å². The molecule has 2 rings (SSSR count). The topological polar surface area (TPSA) is 83.6 Å². The number of phenols is 1. The molecule has 6 heteroatoms. The molecule has 0 unspecified atom stereocenters. The molecule has 0 saturated heterocycles. The fourth-order valence-electron chi connectivity index (χ4n) is 2.08. The van der Waals surface area contributed by atoms with Crippen LogP contribution >= 0.6 is 45.2 Å². The van der Waals surface area contributed by atoms with Gasteiger partial charge < -0.3 is 15.9 Å². The van der Waals surface area contributed by atoms with Gasteiger partial charge in [-0.3, -0.25) is 4.79 Å². The molecule has 0 radical (unpaired) electrons. The summed E-state index contributed by atoms with van der Waals surface area (Å²) >= 11 is 4.14. The molecule has 0 bridgehead atoms. The molecular weight excluding hydrogens is 448 g/mol. The summed E-state index contributed by atoms with van der Waals surface area (Å²) in [6.45, 7) is 0. The highest BCUT2D eigenvalue weighted by molar-refractivity contribution is 14.1. The van der Waals surface area contributed by atoms with E-state index in [0.29, 0.717) is 19.3 Å². The summed E-state index contributed by atoms with van der Waals surface area (Å²) in [6, 6.07) is 1.83. The first-order valence-corrected chi connectivity index (χ1v) is 7.22. The summed E-state index contributed by atoms with van der Waals surface area (Å²) in [7, 11) is 0. The summed E-state index contributed by atoms with van der Waals surface area (Å²) < 4.78 is 1.55. The van der Waals surface area contributed by atoms with Crippen LogP contribution in [-0.4, -0.2) is 21.7 Å². The van der Waals surface area contributed by atoms with Gasteiger partial charge in [-0.2, -0.15) is 0 Å². The second-order valence-electron chi connectivity index (χ2n) is 4.30. The van der Waals surface area contributed by atoms with Crippen molar-refractivity contribution in [2.45, 2.75) is 24.8 Å². The van der Waals surface area contributed by atoms with Crippen LogP contribution in [0.1, 0.15) is 17.5 Å². The van der Waals surface area contributed by atoms with Gasteiger partial charge in [0, 0.05) is 6.42 Å². The molecule has 0 amide bonds. The lowest BCUT2D eigenvalue weighted by molar-refractivity contribution is -0.143. The van der Waals surface area contributed by atoms with Gasteiger partial charge in [-0.1, -0.05) is 0 Å². The summed E-state index contributed by atoms with van der Waals surface area (Å²) in [5.41, 5.74) is 6.69. The van der Waals surface area contributed by atoms with Gasteiger partial charge in [0.15, 0.2) is 0 Å². The maximum atomic E-state index is 11.1. The minimum Gasteiger partial charge on any atom is -0.506 e. The van der Waals surface area contributed by atoms with E-state index < -0.39 is 11.5 Å². The minimum absolute atomic E-state index is 0.282. The molecule has 0 fully saturated rings. The Morgan fingerprint density at radius 1 is 1.47 bits per heavy atom. The first kappa shape index (κ1) is 13.3. The molecule has 0 aliphatic heterocycles. The third-order valence-corrected chi connectivity index (χ3v) is 5.12. The van der Waals surface area contributed by atoms with Gasteiger partial charge in [-0.15, -0.1) is 0 Å². The first-order chi connectivity index (χ1) is 7.85. The van der Waals surface area contributed by atoms with Crippen LogP contribution in [0.3, 0.4) is 0 Å². The molecule has 0 heterocycles. The number of aromatic hydroxyl groups is 1. The fraction of sp³-hybridized carbons (Fsp3) is 0.364. The van der Waals surface area contributed by atoms with Crippen molar-refractivity contribution in [1.29, 1.82) is 0 Å². The summed E-state index contributed by atoms with van der Waals surface area (Å²) in [5, 5.41) is 19.0. The Bertz CT molecular complexity index is 504. The maximum absolute atomic E-state index is 11.1. The van der Waals surface area contributed by atoms with Gasteiger partial charge in [-0.05, 0) is 75.2 Å². The van der Waals surface area contributed by atoms with Crippen molar-refractivity contribution in [3.05, 3.63) is 24.3 Å². The SMILES string of the molecule is N[C@@]1(C(=O)O)CCc2c(cc(I)c(O)c2I)C1. The largest absolute Gasteiger partial charge is 0.506 e. The second kappa shape index (κ2) is 4.54. The third-order valence-electron chi connectivity index (χ3n) is 3.14. The van der Waals surface area contributed by atoms with Crippen LogP contribution in [-0.2, 0) is 17.6 Å². The lowest BCUT2D eigenvalue weighted by Gasteiger charge is -2.31. The number of halogens is 2. The highest BCUT2D eigenvalue weighted by Crippen LogP contribution is 2.37. The number of benzene rings is 1. The Labute approximate surface area is 126 Å². The molecule has 1 aromatic carbocycles. The highest BCUT2D eigenvalue weighted by Gasteiger charge is 2.38. The number of nitrogens with two attached hydrogens (primary N) is 1. The number of rotatable bonds is 1. The molecule has 1 aliphatic carbocycles. The molecule has 92 valence electrons. The van der Waals surface area contributed by atoms with Crippen molar-refractivity contribution >= 4 is 51.2 Å². The van der Waals surface area contributed by atoms with E-state index in [1.807, 2.05) is 28.7 Å². The van der Waals surface area contributed by atoms with Crippen LogP contribution in [0.4, 0.5) is 0 Å². The van der Waals surface area contributed by atoms with Crippen LogP contribution in [0.5, 0.6) is 5.75 Å². The van der Waals surface area contributed by atoms with E-state index >= 15 is 0 Å². The Balaban J connectivity index is 2.50. The number of fused-ring (bicyclic) bond motifs is 1. The number of phenolic OH excluding ortho intramolecular Hbond substituents is 1. The summed E-state index contributed by atoms with van der Waals surface area (Å²) in [4.78, 5) is 11.1. The number of carboxylic acids is 1. The molecule has 0 spiro atoms. The van der Waals surface area contributed by atoms with Crippen molar-refractivity contribution in [2.24, 2.45) is 5.73 Å². The molecule has 0 aromatic heterocycles. The molecular formula is C11H11I2NO3. The standard InChI is InChI=1S/C11H11I2NO3/c12-7-3-5-4-11(14,10(16)17)2-1-6(5)8(13)9(7)15/h3,15H,1-2,4,14H2,(H,16,17)/t11-/m0/s1. The predicted octanol–water partition coefficient (Wildman–Crippen LogP) is 1.87. The van der Waals surface area contributed by atoms with Crippen LogP contribution in [0.2, 0.25) is 0 Å². The van der Waals surface area contributed by atoms with Gasteiger partial charge in [-0.25, -0.2) is 0 Å². The van der Waals surface area contributed by atoms with Crippen molar-refractivity contribution < 1.29 is 15.0 Å². The summed E-state index contributed by atoms with van der Waals surface area (Å²) in [6.07, 6.45) is 1.33. The lowest BCUT2D eigenvalue weighted by Crippen LogP contribution is -2.52. The Kier molecular flexibility index (Phi) is 3.56. The number of carboxylic acid groups (broad SMARTS) is 1. The Morgan fingerprint density at radius 3 is 2.71 bits per heavy atom. The molecule has 4 nitrogen and oxygen atoms in total. The fourth-order valence-corrected chi connectivity index (χ4v) is 4.15. The number of hydrogen-bond acceptors (Lipinski definition) is 3. The van der Waals surface area contributed by atoms with E-state index in [1.54, 1.807) is 0 Å². The Hall–Kier alpha value is -0.0900. The average Bonchev–Trinajstić information content (AvgIpc) is 2.25. The normalized spacial score (nSPS) is 23.2. The highest BCUT2D eigenvalue weighted by atomic mass is 127. The van der Waals surface area contributed by atoms with Crippen molar-refractivity contribution in [1.82, 2.24) is 0 Å². The molecule has 1 aliphatic rings. The van der Waals surface area contributed by atoms with Crippen molar-refractivity contribution in [2.75, 3.05) is 0 Å². The van der Waals surface area contributed by atoms with Gasteiger partial charge in [0.2, 0.25) is 0 Å². The van der Waals surface area contributed by atoms with Gasteiger partial charge in [0.25, 0.3) is 0 Å². The molecule has 1 atom stereocenters. The molecule has 1 aromatic rings. The number of aliphatic carboxylic acids is 1. The quantitative estimate of drug-likeness (QED) is 0.561. The molecule has 4 N–H and O–H groups in total.